The maximum Gasteiger partial charge on any atom is 0.271 e. The summed E-state index contributed by atoms with van der Waals surface area (Å²) in [6, 6.07) is 9.94. The lowest BCUT2D eigenvalue weighted by Gasteiger charge is -2.05. The number of pyridine rings is 1. The van der Waals surface area contributed by atoms with Crippen molar-refractivity contribution in [2.45, 2.75) is 6.54 Å². The minimum Gasteiger partial charge on any atom is -0.294 e. The average molecular weight is 337 g/mol. The second-order valence-electron chi connectivity index (χ2n) is 5.37. The topological polar surface area (TPSA) is 47.8 Å². The fourth-order valence-corrected chi connectivity index (χ4v) is 3.55. The highest BCUT2D eigenvalue weighted by Crippen LogP contribution is 2.30. The van der Waals surface area contributed by atoms with Gasteiger partial charge in [-0.3, -0.25) is 14.3 Å². The van der Waals surface area contributed by atoms with Crippen LogP contribution in [0.2, 0.25) is 0 Å². The van der Waals surface area contributed by atoms with Gasteiger partial charge in [-0.25, -0.2) is 9.37 Å². The van der Waals surface area contributed by atoms with Crippen LogP contribution in [-0.4, -0.2) is 14.5 Å². The lowest BCUT2D eigenvalue weighted by molar-refractivity contribution is 0.628. The number of thiophene rings is 1. The Bertz CT molecular complexity index is 1060. The first kappa shape index (κ1) is 14.7. The number of aromatic nitrogens is 3. The molecule has 0 spiro atoms. The summed E-state index contributed by atoms with van der Waals surface area (Å²) in [5, 5.41) is 1.89. The Morgan fingerprint density at radius 1 is 1.08 bits per heavy atom. The Morgan fingerprint density at radius 2 is 1.83 bits per heavy atom. The van der Waals surface area contributed by atoms with E-state index in [1.54, 1.807) is 35.4 Å². The van der Waals surface area contributed by atoms with Gasteiger partial charge in [0, 0.05) is 23.3 Å². The fraction of sp³-hybridized carbons (Fsp3) is 0.0556. The molecular formula is C18H12FN3OS. The molecule has 0 saturated carbocycles. The Morgan fingerprint density at radius 3 is 2.58 bits per heavy atom. The Labute approximate surface area is 140 Å². The van der Waals surface area contributed by atoms with Gasteiger partial charge >= 0.3 is 0 Å². The van der Waals surface area contributed by atoms with Gasteiger partial charge in [0.1, 0.15) is 10.5 Å². The molecule has 6 heteroatoms. The molecule has 118 valence electrons. The van der Waals surface area contributed by atoms with Crippen LogP contribution in [0.15, 0.2) is 65.3 Å². The van der Waals surface area contributed by atoms with Crippen LogP contribution >= 0.6 is 11.3 Å². The smallest absolute Gasteiger partial charge is 0.271 e. The van der Waals surface area contributed by atoms with E-state index in [2.05, 4.69) is 9.97 Å². The summed E-state index contributed by atoms with van der Waals surface area (Å²) in [7, 11) is 0. The van der Waals surface area contributed by atoms with E-state index in [4.69, 9.17) is 0 Å². The second-order valence-corrected chi connectivity index (χ2v) is 6.25. The van der Waals surface area contributed by atoms with E-state index in [1.807, 2.05) is 17.5 Å². The first-order valence-corrected chi connectivity index (χ1v) is 8.22. The Kier molecular flexibility index (Phi) is 3.66. The molecular weight excluding hydrogens is 325 g/mol. The third-order valence-electron chi connectivity index (χ3n) is 3.80. The molecule has 4 nitrogen and oxygen atoms in total. The zero-order chi connectivity index (χ0) is 16.5. The molecule has 0 bridgehead atoms. The molecule has 0 atom stereocenters. The number of rotatable bonds is 3. The number of hydrogen-bond acceptors (Lipinski definition) is 4. The molecule has 0 aliphatic rings. The van der Waals surface area contributed by atoms with Gasteiger partial charge in [-0.1, -0.05) is 12.1 Å². The zero-order valence-electron chi connectivity index (χ0n) is 12.5. The van der Waals surface area contributed by atoms with Crippen molar-refractivity contribution in [3.8, 4) is 11.1 Å². The van der Waals surface area contributed by atoms with Crippen molar-refractivity contribution in [3.63, 3.8) is 0 Å². The van der Waals surface area contributed by atoms with Gasteiger partial charge in [0.25, 0.3) is 5.56 Å². The molecule has 24 heavy (non-hydrogen) atoms. The third-order valence-corrected chi connectivity index (χ3v) is 4.76. The van der Waals surface area contributed by atoms with Crippen molar-refractivity contribution in [3.05, 3.63) is 82.2 Å². The molecule has 0 N–H and O–H groups in total. The molecule has 0 saturated heterocycles. The van der Waals surface area contributed by atoms with Gasteiger partial charge in [-0.15, -0.1) is 11.3 Å². The van der Waals surface area contributed by atoms with E-state index in [0.29, 0.717) is 16.8 Å². The van der Waals surface area contributed by atoms with Crippen LogP contribution in [0.4, 0.5) is 4.39 Å². The van der Waals surface area contributed by atoms with E-state index in [9.17, 15) is 9.18 Å². The molecule has 3 aromatic heterocycles. The lowest BCUT2D eigenvalue weighted by atomic mass is 10.1. The summed E-state index contributed by atoms with van der Waals surface area (Å²) < 4.78 is 15.3. The van der Waals surface area contributed by atoms with E-state index in [-0.39, 0.29) is 11.4 Å². The molecule has 1 aromatic carbocycles. The van der Waals surface area contributed by atoms with Gasteiger partial charge in [-0.2, -0.15) is 0 Å². The number of halogens is 1. The summed E-state index contributed by atoms with van der Waals surface area (Å²) in [6.07, 6.45) is 4.96. The fourth-order valence-electron chi connectivity index (χ4n) is 2.57. The highest BCUT2D eigenvalue weighted by molar-refractivity contribution is 7.17. The second kappa shape index (κ2) is 5.98. The number of hydrogen-bond donors (Lipinski definition) is 0. The molecule has 0 amide bonds. The minimum absolute atomic E-state index is 0.0739. The Balaban J connectivity index is 1.78. The molecule has 4 rings (SSSR count). The minimum atomic E-state index is -0.286. The van der Waals surface area contributed by atoms with Gasteiger partial charge in [0.2, 0.25) is 0 Å². The highest BCUT2D eigenvalue weighted by Gasteiger charge is 2.12. The summed E-state index contributed by atoms with van der Waals surface area (Å²) in [4.78, 5) is 21.1. The van der Waals surface area contributed by atoms with E-state index in [0.717, 1.165) is 16.7 Å². The van der Waals surface area contributed by atoms with Crippen molar-refractivity contribution in [2.75, 3.05) is 0 Å². The van der Waals surface area contributed by atoms with Crippen LogP contribution in [0.3, 0.4) is 0 Å². The monoisotopic (exact) mass is 337 g/mol. The van der Waals surface area contributed by atoms with Crippen molar-refractivity contribution in [1.29, 1.82) is 0 Å². The predicted octanol–water partition coefficient (Wildman–Crippen LogP) is 3.71. The number of nitrogens with zero attached hydrogens (tertiary/aromatic N) is 3. The van der Waals surface area contributed by atoms with E-state index >= 15 is 0 Å². The van der Waals surface area contributed by atoms with Gasteiger partial charge < -0.3 is 0 Å². The van der Waals surface area contributed by atoms with E-state index in [1.165, 1.54) is 23.5 Å². The predicted molar refractivity (Wildman–Crippen MR) is 92.6 cm³/mol. The highest BCUT2D eigenvalue weighted by atomic mass is 32.1. The normalized spacial score (nSPS) is 11.0. The van der Waals surface area contributed by atoms with Crippen molar-refractivity contribution >= 4 is 21.6 Å². The first-order valence-electron chi connectivity index (χ1n) is 7.34. The summed E-state index contributed by atoms with van der Waals surface area (Å²) >= 11 is 1.36. The maximum absolute atomic E-state index is 13.1. The number of fused-ring (bicyclic) bond motifs is 1. The SMILES string of the molecule is O=c1c2scc(-c3ccc(F)cc3)c2ncn1Cc1ccncc1. The molecule has 4 aromatic rings. The maximum atomic E-state index is 13.1. The molecule has 0 aliphatic heterocycles. The summed E-state index contributed by atoms with van der Waals surface area (Å²) in [6.45, 7) is 0.452. The quantitative estimate of drug-likeness (QED) is 0.573. The van der Waals surface area contributed by atoms with Crippen LogP contribution in [-0.2, 0) is 6.54 Å². The number of benzene rings is 1. The van der Waals surface area contributed by atoms with Crippen LogP contribution in [0.25, 0.3) is 21.3 Å². The van der Waals surface area contributed by atoms with Crippen LogP contribution in [0, 0.1) is 5.82 Å². The summed E-state index contributed by atoms with van der Waals surface area (Å²) in [5.74, 6) is -0.286. The summed E-state index contributed by atoms with van der Waals surface area (Å²) in [5.41, 5.74) is 3.27. The van der Waals surface area contributed by atoms with Crippen LogP contribution in [0.1, 0.15) is 5.56 Å². The Hall–Kier alpha value is -2.86. The first-order chi connectivity index (χ1) is 11.7. The van der Waals surface area contributed by atoms with Gasteiger partial charge in [-0.05, 0) is 35.4 Å². The van der Waals surface area contributed by atoms with Gasteiger partial charge in [0.05, 0.1) is 18.4 Å². The molecule has 0 unspecified atom stereocenters. The van der Waals surface area contributed by atoms with E-state index < -0.39 is 0 Å². The van der Waals surface area contributed by atoms with Crippen molar-refractivity contribution in [2.24, 2.45) is 0 Å². The standard InChI is InChI=1S/C18H12FN3OS/c19-14-3-1-13(2-4-14)15-10-24-17-16(15)21-11-22(18(17)23)9-12-5-7-20-8-6-12/h1-8,10-11H,9H2. The average Bonchev–Trinajstić information content (AvgIpc) is 3.04. The lowest BCUT2D eigenvalue weighted by Crippen LogP contribution is -2.20. The molecule has 0 aliphatic carbocycles. The molecule has 0 radical (unpaired) electrons. The van der Waals surface area contributed by atoms with Gasteiger partial charge in [0.15, 0.2) is 0 Å². The molecule has 0 fully saturated rings. The largest absolute Gasteiger partial charge is 0.294 e. The zero-order valence-corrected chi connectivity index (χ0v) is 13.3. The third kappa shape index (κ3) is 2.61. The van der Waals surface area contributed by atoms with Crippen molar-refractivity contribution in [1.82, 2.24) is 14.5 Å². The van der Waals surface area contributed by atoms with Crippen molar-refractivity contribution < 1.29 is 4.39 Å². The van der Waals surface area contributed by atoms with Crippen LogP contribution < -0.4 is 5.56 Å². The molecule has 3 heterocycles. The van der Waals surface area contributed by atoms with Crippen LogP contribution in [0.5, 0.6) is 0 Å².